The van der Waals surface area contributed by atoms with Gasteiger partial charge in [-0.15, -0.1) is 0 Å². The van der Waals surface area contributed by atoms with Gasteiger partial charge in [0.2, 0.25) is 0 Å². The van der Waals surface area contributed by atoms with Gasteiger partial charge in [0.25, 0.3) is 5.56 Å². The molecule has 2 N–H and O–H groups in total. The average Bonchev–Trinajstić information content (AvgIpc) is 2.54. The number of nitrogens with one attached hydrogen (secondary N) is 1. The van der Waals surface area contributed by atoms with Crippen molar-refractivity contribution in [1.29, 1.82) is 0 Å². The Bertz CT molecular complexity index is 941. The number of hydrogen-bond acceptors (Lipinski definition) is 3. The third kappa shape index (κ3) is 2.85. The van der Waals surface area contributed by atoms with Crippen LogP contribution >= 0.6 is 0 Å². The fourth-order valence-electron chi connectivity index (χ4n) is 2.43. The van der Waals surface area contributed by atoms with Crippen LogP contribution in [0.15, 0.2) is 47.3 Å². The van der Waals surface area contributed by atoms with Crippen LogP contribution in [-0.4, -0.2) is 21.0 Å². The molecular formula is C18H16N2O3. The smallest absolute Gasteiger partial charge is 0.335 e. The summed E-state index contributed by atoms with van der Waals surface area (Å²) in [6.45, 7) is 4.23. The number of carboxylic acid groups (broad SMARTS) is 1. The van der Waals surface area contributed by atoms with E-state index in [1.165, 1.54) is 17.7 Å². The Balaban J connectivity index is 2.11. The van der Waals surface area contributed by atoms with E-state index in [4.69, 9.17) is 5.11 Å². The molecule has 3 aromatic rings. The molecule has 116 valence electrons. The van der Waals surface area contributed by atoms with Crippen molar-refractivity contribution in [3.63, 3.8) is 0 Å². The molecule has 0 aliphatic rings. The van der Waals surface area contributed by atoms with Crippen molar-refractivity contribution in [2.45, 2.75) is 19.8 Å². The molecule has 0 fully saturated rings. The van der Waals surface area contributed by atoms with Crippen molar-refractivity contribution >= 4 is 16.9 Å². The number of carboxylic acids is 1. The normalized spacial score (nSPS) is 11.1. The molecule has 23 heavy (non-hydrogen) atoms. The van der Waals surface area contributed by atoms with Crippen LogP contribution in [0.2, 0.25) is 0 Å². The van der Waals surface area contributed by atoms with E-state index in [0.29, 0.717) is 17.3 Å². The summed E-state index contributed by atoms with van der Waals surface area (Å²) in [5, 5.41) is 9.28. The molecule has 0 spiro atoms. The van der Waals surface area contributed by atoms with E-state index in [1.807, 2.05) is 24.3 Å². The van der Waals surface area contributed by atoms with Gasteiger partial charge in [-0.3, -0.25) is 4.79 Å². The summed E-state index contributed by atoms with van der Waals surface area (Å²) < 4.78 is 0. The predicted octanol–water partition coefficient (Wildman–Crippen LogP) is 3.41. The summed E-state index contributed by atoms with van der Waals surface area (Å²) >= 11 is 0. The summed E-state index contributed by atoms with van der Waals surface area (Å²) in [4.78, 5) is 30.4. The molecule has 5 nitrogen and oxygen atoms in total. The van der Waals surface area contributed by atoms with E-state index in [1.54, 1.807) is 6.07 Å². The quantitative estimate of drug-likeness (QED) is 0.776. The number of carbonyl (C=O) groups is 1. The van der Waals surface area contributed by atoms with Crippen molar-refractivity contribution in [1.82, 2.24) is 9.97 Å². The molecule has 0 saturated carbocycles. The van der Waals surface area contributed by atoms with Crippen LogP contribution in [-0.2, 0) is 0 Å². The van der Waals surface area contributed by atoms with Crippen LogP contribution in [0.3, 0.4) is 0 Å². The van der Waals surface area contributed by atoms with Gasteiger partial charge < -0.3 is 10.1 Å². The van der Waals surface area contributed by atoms with Gasteiger partial charge in [0.1, 0.15) is 5.82 Å². The number of nitrogens with zero attached hydrogens (tertiary/aromatic N) is 1. The molecule has 2 aromatic carbocycles. The van der Waals surface area contributed by atoms with Gasteiger partial charge in [0.15, 0.2) is 0 Å². The Labute approximate surface area is 132 Å². The van der Waals surface area contributed by atoms with E-state index in [0.717, 1.165) is 5.56 Å². The van der Waals surface area contributed by atoms with Gasteiger partial charge in [0, 0.05) is 5.56 Å². The third-order valence-corrected chi connectivity index (χ3v) is 3.80. The largest absolute Gasteiger partial charge is 0.478 e. The molecule has 1 aromatic heterocycles. The number of aromatic carboxylic acids is 1. The first-order valence-corrected chi connectivity index (χ1v) is 7.33. The van der Waals surface area contributed by atoms with E-state index >= 15 is 0 Å². The lowest BCUT2D eigenvalue weighted by Gasteiger charge is -2.07. The number of hydrogen-bond donors (Lipinski definition) is 2. The first-order valence-electron chi connectivity index (χ1n) is 7.33. The predicted molar refractivity (Wildman–Crippen MR) is 88.8 cm³/mol. The van der Waals surface area contributed by atoms with Crippen molar-refractivity contribution in [2.75, 3.05) is 0 Å². The highest BCUT2D eigenvalue weighted by atomic mass is 16.4. The fourth-order valence-corrected chi connectivity index (χ4v) is 2.43. The maximum atomic E-state index is 12.2. The number of benzene rings is 2. The minimum atomic E-state index is -1.07. The number of aromatic amines is 1. The molecule has 0 unspecified atom stereocenters. The number of aromatic nitrogens is 2. The Morgan fingerprint density at radius 2 is 1.83 bits per heavy atom. The Morgan fingerprint density at radius 1 is 1.13 bits per heavy atom. The second-order valence-corrected chi connectivity index (χ2v) is 5.73. The maximum Gasteiger partial charge on any atom is 0.335 e. The lowest BCUT2D eigenvalue weighted by molar-refractivity contribution is 0.0697. The lowest BCUT2D eigenvalue weighted by Crippen LogP contribution is -2.10. The topological polar surface area (TPSA) is 83.0 Å². The second-order valence-electron chi connectivity index (χ2n) is 5.73. The van der Waals surface area contributed by atoms with E-state index < -0.39 is 5.97 Å². The molecule has 3 rings (SSSR count). The highest BCUT2D eigenvalue weighted by Gasteiger charge is 2.10. The van der Waals surface area contributed by atoms with Crippen molar-refractivity contribution in [3.05, 3.63) is 63.9 Å². The molecule has 5 heteroatoms. The van der Waals surface area contributed by atoms with Crippen LogP contribution < -0.4 is 5.56 Å². The summed E-state index contributed by atoms with van der Waals surface area (Å²) in [5.41, 5.74) is 2.22. The zero-order chi connectivity index (χ0) is 16.6. The fraction of sp³-hybridized carbons (Fsp3) is 0.167. The maximum absolute atomic E-state index is 12.2. The summed E-state index contributed by atoms with van der Waals surface area (Å²) in [5.74, 6) is -0.164. The van der Waals surface area contributed by atoms with Gasteiger partial charge in [-0.05, 0) is 29.7 Å². The summed E-state index contributed by atoms with van der Waals surface area (Å²) in [6, 6.07) is 12.2. The van der Waals surface area contributed by atoms with E-state index in [-0.39, 0.29) is 16.5 Å². The number of H-pyrrole nitrogens is 1. The SMILES string of the molecule is CC(C)c1ccc(-c2nc3ccc(C(=O)O)cc3c(=O)[nH]2)cc1. The molecule has 0 radical (unpaired) electrons. The zero-order valence-corrected chi connectivity index (χ0v) is 12.8. The highest BCUT2D eigenvalue weighted by molar-refractivity contribution is 5.93. The van der Waals surface area contributed by atoms with Crippen molar-refractivity contribution in [2.24, 2.45) is 0 Å². The van der Waals surface area contributed by atoms with Gasteiger partial charge in [0.05, 0.1) is 16.5 Å². The van der Waals surface area contributed by atoms with E-state index in [9.17, 15) is 9.59 Å². The van der Waals surface area contributed by atoms with Crippen molar-refractivity contribution in [3.8, 4) is 11.4 Å². The van der Waals surface area contributed by atoms with Gasteiger partial charge >= 0.3 is 5.97 Å². The van der Waals surface area contributed by atoms with Gasteiger partial charge in [-0.1, -0.05) is 38.1 Å². The standard InChI is InChI=1S/C18H16N2O3/c1-10(2)11-3-5-12(6-4-11)16-19-15-8-7-13(18(22)23)9-14(15)17(21)20-16/h3-10H,1-2H3,(H,22,23)(H,19,20,21). The number of rotatable bonds is 3. The monoisotopic (exact) mass is 308 g/mol. The van der Waals surface area contributed by atoms with Crippen LogP contribution in [0, 0.1) is 0 Å². The summed E-state index contributed by atoms with van der Waals surface area (Å²) in [7, 11) is 0. The molecule has 0 aliphatic carbocycles. The molecule has 1 heterocycles. The van der Waals surface area contributed by atoms with Crippen LogP contribution in [0.4, 0.5) is 0 Å². The highest BCUT2D eigenvalue weighted by Crippen LogP contribution is 2.21. The number of fused-ring (bicyclic) bond motifs is 1. The Kier molecular flexibility index (Phi) is 3.70. The molecular weight excluding hydrogens is 292 g/mol. The van der Waals surface area contributed by atoms with Gasteiger partial charge in [-0.25, -0.2) is 9.78 Å². The third-order valence-electron chi connectivity index (χ3n) is 3.80. The Hall–Kier alpha value is -2.95. The Morgan fingerprint density at radius 3 is 2.43 bits per heavy atom. The lowest BCUT2D eigenvalue weighted by atomic mass is 10.0. The van der Waals surface area contributed by atoms with Gasteiger partial charge in [-0.2, -0.15) is 0 Å². The molecule has 0 aliphatic heterocycles. The zero-order valence-electron chi connectivity index (χ0n) is 12.8. The minimum absolute atomic E-state index is 0.0684. The van der Waals surface area contributed by atoms with Crippen LogP contribution in [0.25, 0.3) is 22.3 Å². The average molecular weight is 308 g/mol. The molecule has 0 saturated heterocycles. The summed E-state index contributed by atoms with van der Waals surface area (Å²) in [6.07, 6.45) is 0. The molecule has 0 atom stereocenters. The van der Waals surface area contributed by atoms with Crippen molar-refractivity contribution < 1.29 is 9.90 Å². The minimum Gasteiger partial charge on any atom is -0.478 e. The molecule has 0 bridgehead atoms. The first-order chi connectivity index (χ1) is 11.0. The second kappa shape index (κ2) is 5.68. The van der Waals surface area contributed by atoms with E-state index in [2.05, 4.69) is 23.8 Å². The van der Waals surface area contributed by atoms with Crippen LogP contribution in [0.5, 0.6) is 0 Å². The molecule has 0 amide bonds. The van der Waals surface area contributed by atoms with Crippen LogP contribution in [0.1, 0.15) is 35.7 Å². The first kappa shape index (κ1) is 15.0.